The molecule has 8 heteroatoms. The minimum absolute atomic E-state index is 0.00628. The number of hydrogen-bond acceptors (Lipinski definition) is 7. The van der Waals surface area contributed by atoms with Crippen LogP contribution in [0.15, 0.2) is 36.0 Å². The van der Waals surface area contributed by atoms with Gasteiger partial charge in [-0.05, 0) is 50.3 Å². The largest absolute Gasteiger partial charge is 0.363 e. The number of benzene rings is 1. The smallest absolute Gasteiger partial charge is 0.253 e. The third-order valence-corrected chi connectivity index (χ3v) is 8.14. The first-order valence-corrected chi connectivity index (χ1v) is 13.6. The van der Waals surface area contributed by atoms with Crippen LogP contribution in [0.25, 0.3) is 21.3 Å². The maximum Gasteiger partial charge on any atom is 0.253 e. The van der Waals surface area contributed by atoms with Crippen molar-refractivity contribution in [3.05, 3.63) is 41.5 Å². The molecule has 2 aliphatic rings. The van der Waals surface area contributed by atoms with E-state index in [-0.39, 0.29) is 12.1 Å². The number of rotatable bonds is 7. The molecule has 7 nitrogen and oxygen atoms in total. The van der Waals surface area contributed by atoms with Crippen molar-refractivity contribution in [2.75, 3.05) is 51.8 Å². The Morgan fingerprint density at radius 1 is 1.17 bits per heavy atom. The number of anilines is 1. The molecule has 0 spiro atoms. The van der Waals surface area contributed by atoms with Gasteiger partial charge in [0.1, 0.15) is 23.2 Å². The van der Waals surface area contributed by atoms with Gasteiger partial charge in [-0.3, -0.25) is 9.69 Å². The van der Waals surface area contributed by atoms with E-state index in [1.54, 1.807) is 36.7 Å². The second-order valence-electron chi connectivity index (χ2n) is 9.72. The van der Waals surface area contributed by atoms with Crippen LogP contribution in [-0.4, -0.2) is 78.8 Å². The number of ether oxygens (including phenoxy) is 1. The Balaban J connectivity index is 1.40. The van der Waals surface area contributed by atoms with E-state index in [1.165, 1.54) is 12.8 Å². The first-order chi connectivity index (χ1) is 17.1. The van der Waals surface area contributed by atoms with Crippen molar-refractivity contribution < 1.29 is 9.53 Å². The molecule has 2 aromatic heterocycles. The van der Waals surface area contributed by atoms with Crippen molar-refractivity contribution in [2.45, 2.75) is 38.8 Å². The molecule has 0 radical (unpaired) electrons. The normalized spacial score (nSPS) is 18.3. The molecule has 2 aliphatic heterocycles. The molecule has 0 bridgehead atoms. The van der Waals surface area contributed by atoms with Gasteiger partial charge >= 0.3 is 0 Å². The van der Waals surface area contributed by atoms with E-state index in [0.29, 0.717) is 11.5 Å². The summed E-state index contributed by atoms with van der Waals surface area (Å²) in [4.78, 5) is 29.4. The zero-order valence-electron chi connectivity index (χ0n) is 20.9. The molecule has 0 saturated carbocycles. The van der Waals surface area contributed by atoms with Crippen molar-refractivity contribution >= 4 is 33.3 Å². The number of piperidine rings is 1. The predicted molar refractivity (Wildman–Crippen MR) is 142 cm³/mol. The summed E-state index contributed by atoms with van der Waals surface area (Å²) < 4.78 is 6.24. The fourth-order valence-corrected chi connectivity index (χ4v) is 6.40. The van der Waals surface area contributed by atoms with Crippen LogP contribution in [-0.2, 0) is 4.74 Å². The summed E-state index contributed by atoms with van der Waals surface area (Å²) in [6, 6.07) is 7.88. The van der Waals surface area contributed by atoms with Crippen molar-refractivity contribution in [1.29, 1.82) is 0 Å². The van der Waals surface area contributed by atoms with Gasteiger partial charge in [-0.15, -0.1) is 11.3 Å². The van der Waals surface area contributed by atoms with Gasteiger partial charge in [0.25, 0.3) is 5.91 Å². The predicted octanol–water partition coefficient (Wildman–Crippen LogP) is 4.73. The molecular formula is C27H35N5O2S. The van der Waals surface area contributed by atoms with Crippen LogP contribution >= 0.6 is 11.3 Å². The zero-order valence-corrected chi connectivity index (χ0v) is 21.8. The fraction of sp³-hybridized carbons (Fsp3) is 0.519. The van der Waals surface area contributed by atoms with Gasteiger partial charge in [-0.2, -0.15) is 0 Å². The van der Waals surface area contributed by atoms with Gasteiger partial charge in [-0.25, -0.2) is 9.97 Å². The highest BCUT2D eigenvalue weighted by Gasteiger charge is 2.33. The van der Waals surface area contributed by atoms with Crippen LogP contribution in [0, 0.1) is 5.92 Å². The summed E-state index contributed by atoms with van der Waals surface area (Å²) in [5.74, 6) is 1.56. The number of fused-ring (bicyclic) bond motifs is 1. The number of aromatic nitrogens is 2. The summed E-state index contributed by atoms with van der Waals surface area (Å²) in [6.07, 6.45) is 6.68. The quantitative estimate of drug-likeness (QED) is 0.474. The summed E-state index contributed by atoms with van der Waals surface area (Å²) in [5.41, 5.74) is 2.82. The molecule has 4 heterocycles. The zero-order chi connectivity index (χ0) is 24.4. The number of likely N-dealkylation sites (tertiary alicyclic amines) is 1. The summed E-state index contributed by atoms with van der Waals surface area (Å²) in [6.45, 7) is 7.11. The number of nitrogens with zero attached hydrogens (tertiary/aromatic N) is 5. The summed E-state index contributed by atoms with van der Waals surface area (Å²) in [7, 11) is 3.56. The van der Waals surface area contributed by atoms with E-state index in [1.807, 2.05) is 18.2 Å². The Hall–Kier alpha value is -2.55. The maximum atomic E-state index is 12.6. The third-order valence-electron chi connectivity index (χ3n) is 7.26. The lowest BCUT2D eigenvalue weighted by molar-refractivity contribution is -0.0858. The Kier molecular flexibility index (Phi) is 7.32. The molecule has 1 unspecified atom stereocenters. The molecule has 1 amide bonds. The lowest BCUT2D eigenvalue weighted by atomic mass is 9.93. The van der Waals surface area contributed by atoms with Crippen molar-refractivity contribution in [3.8, 4) is 11.1 Å². The second-order valence-corrected chi connectivity index (χ2v) is 10.6. The highest BCUT2D eigenvalue weighted by molar-refractivity contribution is 7.17. The lowest BCUT2D eigenvalue weighted by Crippen LogP contribution is -2.46. The molecule has 186 valence electrons. The minimum atomic E-state index is 0.00628. The van der Waals surface area contributed by atoms with Crippen molar-refractivity contribution in [3.63, 3.8) is 0 Å². The van der Waals surface area contributed by atoms with Crippen LogP contribution in [0.4, 0.5) is 5.82 Å². The molecular weight excluding hydrogens is 458 g/mol. The van der Waals surface area contributed by atoms with E-state index >= 15 is 0 Å². The van der Waals surface area contributed by atoms with E-state index < -0.39 is 0 Å². The molecule has 3 aromatic rings. The van der Waals surface area contributed by atoms with E-state index in [9.17, 15) is 4.79 Å². The Morgan fingerprint density at radius 3 is 2.66 bits per heavy atom. The van der Waals surface area contributed by atoms with Gasteiger partial charge in [0, 0.05) is 69.3 Å². The first kappa shape index (κ1) is 24.2. The number of carbonyl (C=O) groups excluding carboxylic acids is 1. The van der Waals surface area contributed by atoms with Gasteiger partial charge < -0.3 is 14.5 Å². The standard InChI is InChI=1S/C27H35N5O2S/c1-4-34-27(32-12-5-6-13-32)19-10-14-31(15-11-19)24-23-22(17-35-25(23)29-18-28-24)20-8-7-9-21(16-20)26(33)30(2)3/h7-9,16-19,27H,4-6,10-15H2,1-3H3. The topological polar surface area (TPSA) is 61.8 Å². The molecule has 1 aromatic carbocycles. The van der Waals surface area contributed by atoms with Crippen molar-refractivity contribution in [2.24, 2.45) is 5.92 Å². The number of amides is 1. The molecule has 1 atom stereocenters. The number of carbonyl (C=O) groups is 1. The van der Waals surface area contributed by atoms with Crippen molar-refractivity contribution in [1.82, 2.24) is 19.8 Å². The van der Waals surface area contributed by atoms with Crippen LogP contribution in [0.3, 0.4) is 0 Å². The van der Waals surface area contributed by atoms with Gasteiger partial charge in [0.15, 0.2) is 0 Å². The molecule has 35 heavy (non-hydrogen) atoms. The van der Waals surface area contributed by atoms with Crippen LogP contribution < -0.4 is 4.90 Å². The maximum absolute atomic E-state index is 12.6. The summed E-state index contributed by atoms with van der Waals surface area (Å²) in [5, 5.41) is 3.24. The Bertz CT molecular complexity index is 1170. The second kappa shape index (κ2) is 10.6. The first-order valence-electron chi connectivity index (χ1n) is 12.7. The Morgan fingerprint density at radius 2 is 1.94 bits per heavy atom. The van der Waals surface area contributed by atoms with E-state index in [0.717, 1.165) is 72.8 Å². The molecule has 2 saturated heterocycles. The SMILES string of the molecule is CCOC(C1CCN(c2ncnc3scc(-c4cccc(C(=O)N(C)C)c4)c23)CC1)N1CCCC1. The van der Waals surface area contributed by atoms with Crippen LogP contribution in [0.2, 0.25) is 0 Å². The van der Waals surface area contributed by atoms with E-state index in [2.05, 4.69) is 33.2 Å². The Labute approximate surface area is 211 Å². The van der Waals surface area contributed by atoms with Crippen LogP contribution in [0.5, 0.6) is 0 Å². The van der Waals surface area contributed by atoms with Gasteiger partial charge in [0.05, 0.1) is 5.39 Å². The average molecular weight is 494 g/mol. The number of thiophene rings is 1. The third kappa shape index (κ3) is 4.92. The summed E-state index contributed by atoms with van der Waals surface area (Å²) >= 11 is 1.64. The molecule has 5 rings (SSSR count). The monoisotopic (exact) mass is 493 g/mol. The lowest BCUT2D eigenvalue weighted by Gasteiger charge is -2.40. The average Bonchev–Trinajstić information content (AvgIpc) is 3.57. The van der Waals surface area contributed by atoms with E-state index in [4.69, 9.17) is 9.72 Å². The highest BCUT2D eigenvalue weighted by atomic mass is 32.1. The highest BCUT2D eigenvalue weighted by Crippen LogP contribution is 2.39. The molecule has 2 fully saturated rings. The number of hydrogen-bond donors (Lipinski definition) is 0. The minimum Gasteiger partial charge on any atom is -0.363 e. The van der Waals surface area contributed by atoms with Gasteiger partial charge in [0.2, 0.25) is 0 Å². The molecule has 0 N–H and O–H groups in total. The van der Waals surface area contributed by atoms with Crippen LogP contribution in [0.1, 0.15) is 43.0 Å². The van der Waals surface area contributed by atoms with Gasteiger partial charge in [-0.1, -0.05) is 12.1 Å². The fourth-order valence-electron chi connectivity index (χ4n) is 5.49. The molecule has 0 aliphatic carbocycles.